The van der Waals surface area contributed by atoms with E-state index in [1.165, 1.54) is 30.3 Å². The predicted octanol–water partition coefficient (Wildman–Crippen LogP) is 6.69. The van der Waals surface area contributed by atoms with Crippen LogP contribution in [0.2, 0.25) is 0 Å². The summed E-state index contributed by atoms with van der Waals surface area (Å²) in [5, 5.41) is 9.00. The molecule has 1 aliphatic carbocycles. The van der Waals surface area contributed by atoms with Crippen LogP contribution < -0.4 is 0 Å². The molecular formula is C25H16F6O3. The molecule has 1 aliphatic rings. The van der Waals surface area contributed by atoms with E-state index in [0.717, 1.165) is 0 Å². The quantitative estimate of drug-likeness (QED) is 0.426. The van der Waals surface area contributed by atoms with Crippen LogP contribution in [0.25, 0.3) is 11.1 Å². The molecule has 4 rings (SSSR count). The highest BCUT2D eigenvalue weighted by atomic mass is 19.4. The molecule has 0 aromatic heterocycles. The molecule has 34 heavy (non-hydrogen) atoms. The first-order valence-corrected chi connectivity index (χ1v) is 10.1. The smallest absolute Gasteiger partial charge is 0.416 e. The fraction of sp³-hybridized carbons (Fsp3) is 0.200. The molecule has 0 aliphatic heterocycles. The first-order valence-electron chi connectivity index (χ1n) is 10.1. The fourth-order valence-corrected chi connectivity index (χ4v) is 4.21. The third kappa shape index (κ3) is 4.55. The molecule has 0 bridgehead atoms. The van der Waals surface area contributed by atoms with Crippen molar-refractivity contribution in [1.29, 1.82) is 0 Å². The van der Waals surface area contributed by atoms with Crippen molar-refractivity contribution in [3.8, 4) is 11.1 Å². The Balaban J connectivity index is 1.72. The molecule has 1 N–H and O–H groups in total. The van der Waals surface area contributed by atoms with E-state index in [1.54, 1.807) is 12.1 Å². The summed E-state index contributed by atoms with van der Waals surface area (Å²) in [5.41, 5.74) is -1.54. The summed E-state index contributed by atoms with van der Waals surface area (Å²) in [6.07, 6.45) is -9.56. The van der Waals surface area contributed by atoms with Crippen molar-refractivity contribution in [1.82, 2.24) is 0 Å². The number of rotatable bonds is 4. The van der Waals surface area contributed by atoms with Gasteiger partial charge in [-0.3, -0.25) is 4.79 Å². The lowest BCUT2D eigenvalue weighted by Crippen LogP contribution is -2.12. The topological polar surface area (TPSA) is 54.4 Å². The van der Waals surface area contributed by atoms with E-state index in [9.17, 15) is 35.9 Å². The van der Waals surface area contributed by atoms with Crippen molar-refractivity contribution in [2.75, 3.05) is 0 Å². The second kappa shape index (κ2) is 8.30. The molecule has 0 fully saturated rings. The van der Waals surface area contributed by atoms with Gasteiger partial charge in [-0.1, -0.05) is 30.3 Å². The van der Waals surface area contributed by atoms with Crippen molar-refractivity contribution < 1.29 is 41.0 Å². The number of aromatic carboxylic acids is 1. The number of carboxylic acids is 1. The molecule has 9 heteroatoms. The largest absolute Gasteiger partial charge is 0.478 e. The van der Waals surface area contributed by atoms with Crippen LogP contribution in [0.15, 0.2) is 60.7 Å². The maximum atomic E-state index is 13.3. The highest BCUT2D eigenvalue weighted by Crippen LogP contribution is 2.41. The number of Topliss-reactive ketones (excluding diaryl/α,β-unsaturated/α-hetero) is 1. The number of carbonyl (C=O) groups excluding carboxylic acids is 1. The SMILES string of the molecule is O=C(O)c1ccc(CC2Cc3c(cccc3-c3cc(C(F)(F)F)cc(C(F)(F)F)c3)C2=O)cc1. The third-order valence-electron chi connectivity index (χ3n) is 5.84. The van der Waals surface area contributed by atoms with Gasteiger partial charge in [-0.25, -0.2) is 4.79 Å². The number of halogens is 6. The normalized spacial score (nSPS) is 15.9. The van der Waals surface area contributed by atoms with Gasteiger partial charge in [-0.15, -0.1) is 0 Å². The van der Waals surface area contributed by atoms with Crippen LogP contribution in [0, 0.1) is 5.92 Å². The van der Waals surface area contributed by atoms with Gasteiger partial charge >= 0.3 is 18.3 Å². The van der Waals surface area contributed by atoms with Crippen molar-refractivity contribution in [2.24, 2.45) is 5.92 Å². The van der Waals surface area contributed by atoms with Gasteiger partial charge < -0.3 is 5.11 Å². The van der Waals surface area contributed by atoms with Crippen LogP contribution in [0.3, 0.4) is 0 Å². The highest BCUT2D eigenvalue weighted by Gasteiger charge is 2.38. The second-order valence-electron chi connectivity index (χ2n) is 8.10. The van der Waals surface area contributed by atoms with Crippen LogP contribution in [-0.4, -0.2) is 16.9 Å². The van der Waals surface area contributed by atoms with Crippen LogP contribution in [0.1, 0.15) is 43.0 Å². The number of hydrogen-bond acceptors (Lipinski definition) is 2. The number of hydrogen-bond donors (Lipinski definition) is 1. The van der Waals surface area contributed by atoms with E-state index in [4.69, 9.17) is 5.11 Å². The molecule has 3 aromatic carbocycles. The molecule has 0 saturated heterocycles. The molecule has 0 spiro atoms. The lowest BCUT2D eigenvalue weighted by molar-refractivity contribution is -0.143. The molecule has 3 nitrogen and oxygen atoms in total. The maximum absolute atomic E-state index is 13.3. The summed E-state index contributed by atoms with van der Waals surface area (Å²) < 4.78 is 79.9. The van der Waals surface area contributed by atoms with Gasteiger partial charge in [0.25, 0.3) is 0 Å². The highest BCUT2D eigenvalue weighted by molar-refractivity contribution is 6.04. The minimum absolute atomic E-state index is 0.0708. The Morgan fingerprint density at radius 2 is 1.41 bits per heavy atom. The van der Waals surface area contributed by atoms with Gasteiger partial charge in [0.2, 0.25) is 0 Å². The zero-order valence-corrected chi connectivity index (χ0v) is 17.3. The zero-order chi connectivity index (χ0) is 24.8. The van der Waals surface area contributed by atoms with Crippen molar-refractivity contribution in [3.05, 3.63) is 94.0 Å². The standard InChI is InChI=1S/C25H16F6O3/c26-24(27,28)17-9-15(10-18(12-17)25(29,30)31)19-2-1-3-20-21(19)11-16(22(20)32)8-13-4-6-14(7-5-13)23(33)34/h1-7,9-10,12,16H,8,11H2,(H,33,34). The summed E-state index contributed by atoms with van der Waals surface area (Å²) in [6.45, 7) is 0. The Bertz CT molecular complexity index is 1240. The Hall–Kier alpha value is -3.62. The molecule has 0 heterocycles. The number of carbonyl (C=O) groups is 2. The first kappa shape index (κ1) is 23.5. The van der Waals surface area contributed by atoms with Gasteiger partial charge in [0.1, 0.15) is 0 Å². The van der Waals surface area contributed by atoms with Crippen LogP contribution in [0.5, 0.6) is 0 Å². The van der Waals surface area contributed by atoms with Crippen molar-refractivity contribution in [3.63, 3.8) is 0 Å². The number of alkyl halides is 6. The molecule has 0 saturated carbocycles. The van der Waals surface area contributed by atoms with Crippen LogP contribution in [0.4, 0.5) is 26.3 Å². The van der Waals surface area contributed by atoms with E-state index in [-0.39, 0.29) is 46.9 Å². The Labute approximate surface area is 189 Å². The van der Waals surface area contributed by atoms with E-state index < -0.39 is 35.4 Å². The third-order valence-corrected chi connectivity index (χ3v) is 5.84. The van der Waals surface area contributed by atoms with Crippen LogP contribution in [-0.2, 0) is 25.2 Å². The molecule has 0 radical (unpaired) electrons. The average molecular weight is 478 g/mol. The summed E-state index contributed by atoms with van der Waals surface area (Å²) in [7, 11) is 0. The molecular weight excluding hydrogens is 462 g/mol. The van der Waals surface area contributed by atoms with Crippen LogP contribution >= 0.6 is 0 Å². The minimum atomic E-state index is -4.98. The minimum Gasteiger partial charge on any atom is -0.478 e. The van der Waals surface area contributed by atoms with E-state index in [2.05, 4.69) is 0 Å². The molecule has 1 unspecified atom stereocenters. The Morgan fingerprint density at radius 1 is 0.853 bits per heavy atom. The molecule has 1 atom stereocenters. The Kier molecular flexibility index (Phi) is 5.75. The number of carboxylic acid groups (broad SMARTS) is 1. The van der Waals surface area contributed by atoms with Crippen molar-refractivity contribution >= 4 is 11.8 Å². The average Bonchev–Trinajstić information content (AvgIpc) is 3.08. The Morgan fingerprint density at radius 3 is 1.94 bits per heavy atom. The first-order chi connectivity index (χ1) is 15.8. The van der Waals surface area contributed by atoms with Crippen molar-refractivity contribution in [2.45, 2.75) is 25.2 Å². The van der Waals surface area contributed by atoms with E-state index in [0.29, 0.717) is 23.3 Å². The summed E-state index contributed by atoms with van der Waals surface area (Å²) >= 11 is 0. The molecule has 0 amide bonds. The zero-order valence-electron chi connectivity index (χ0n) is 17.3. The van der Waals surface area contributed by atoms with Gasteiger partial charge in [0, 0.05) is 11.5 Å². The second-order valence-corrected chi connectivity index (χ2v) is 8.10. The van der Waals surface area contributed by atoms with Gasteiger partial charge in [0.05, 0.1) is 16.7 Å². The maximum Gasteiger partial charge on any atom is 0.416 e. The monoisotopic (exact) mass is 478 g/mol. The number of ketones is 1. The van der Waals surface area contributed by atoms with Gasteiger partial charge in [0.15, 0.2) is 5.78 Å². The number of benzene rings is 3. The summed E-state index contributed by atoms with van der Waals surface area (Å²) in [4.78, 5) is 24.0. The molecule has 176 valence electrons. The van der Waals surface area contributed by atoms with E-state index in [1.807, 2.05) is 0 Å². The fourth-order valence-electron chi connectivity index (χ4n) is 4.21. The van der Waals surface area contributed by atoms with Gasteiger partial charge in [-0.2, -0.15) is 26.3 Å². The van der Waals surface area contributed by atoms with Gasteiger partial charge in [-0.05, 0) is 65.4 Å². The van der Waals surface area contributed by atoms with E-state index >= 15 is 0 Å². The molecule has 3 aromatic rings. The summed E-state index contributed by atoms with van der Waals surface area (Å²) in [6, 6.07) is 11.7. The lowest BCUT2D eigenvalue weighted by atomic mass is 9.92. The summed E-state index contributed by atoms with van der Waals surface area (Å²) in [5.74, 6) is -1.93. The predicted molar refractivity (Wildman–Crippen MR) is 111 cm³/mol. The lowest BCUT2D eigenvalue weighted by Gasteiger charge is -2.16. The number of fused-ring (bicyclic) bond motifs is 1.